The Bertz CT molecular complexity index is 117. The molecule has 2 nitrogen and oxygen atoms in total. The number of nitrogens with one attached hydrogen (secondary N) is 1. The summed E-state index contributed by atoms with van der Waals surface area (Å²) in [5.41, 5.74) is 0. The van der Waals surface area contributed by atoms with Crippen LogP contribution in [0.2, 0.25) is 0 Å². The molecule has 1 fully saturated rings. The van der Waals surface area contributed by atoms with Crippen LogP contribution in [-0.2, 0) is 0 Å². The van der Waals surface area contributed by atoms with Crippen LogP contribution in [0.25, 0.3) is 0 Å². The average molecular weight is 189 g/mol. The molecule has 0 amide bonds. The highest BCUT2D eigenvalue weighted by Crippen LogP contribution is 2.20. The van der Waals surface area contributed by atoms with Gasteiger partial charge in [0.1, 0.15) is 0 Å². The van der Waals surface area contributed by atoms with E-state index in [4.69, 9.17) is 5.11 Å². The van der Waals surface area contributed by atoms with Gasteiger partial charge in [0.05, 0.1) is 6.61 Å². The van der Waals surface area contributed by atoms with Crippen molar-refractivity contribution in [3.63, 3.8) is 0 Å². The smallest absolute Gasteiger partial charge is 0.0592 e. The van der Waals surface area contributed by atoms with E-state index in [2.05, 4.69) is 12.2 Å². The van der Waals surface area contributed by atoms with Gasteiger partial charge >= 0.3 is 0 Å². The van der Waals surface area contributed by atoms with Gasteiger partial charge in [0.2, 0.25) is 0 Å². The normalized spacial score (nSPS) is 19.5. The predicted molar refractivity (Wildman–Crippen MR) is 54.6 cm³/mol. The molecule has 0 spiro atoms. The van der Waals surface area contributed by atoms with E-state index in [1.807, 2.05) is 11.8 Å². The third-order valence-electron chi connectivity index (χ3n) is 1.94. The van der Waals surface area contributed by atoms with Gasteiger partial charge in [0, 0.05) is 17.8 Å². The summed E-state index contributed by atoms with van der Waals surface area (Å²) in [4.78, 5) is 0. The SMILES string of the molecule is CCCSCC(CO)NC1CC1. The van der Waals surface area contributed by atoms with Gasteiger partial charge in [-0.15, -0.1) is 0 Å². The van der Waals surface area contributed by atoms with Gasteiger partial charge in [-0.25, -0.2) is 0 Å². The molecule has 0 aromatic heterocycles. The Labute approximate surface area is 79.1 Å². The summed E-state index contributed by atoms with van der Waals surface area (Å²) < 4.78 is 0. The van der Waals surface area contributed by atoms with E-state index in [1.165, 1.54) is 25.0 Å². The summed E-state index contributed by atoms with van der Waals surface area (Å²) in [6.45, 7) is 2.47. The van der Waals surface area contributed by atoms with E-state index in [0.29, 0.717) is 12.1 Å². The summed E-state index contributed by atoms with van der Waals surface area (Å²) in [6, 6.07) is 1.04. The molecule has 0 aromatic carbocycles. The van der Waals surface area contributed by atoms with Crippen LogP contribution in [-0.4, -0.2) is 35.3 Å². The van der Waals surface area contributed by atoms with Gasteiger partial charge in [0.15, 0.2) is 0 Å². The molecule has 1 saturated carbocycles. The van der Waals surface area contributed by atoms with Gasteiger partial charge in [0.25, 0.3) is 0 Å². The lowest BCUT2D eigenvalue weighted by atomic mass is 10.3. The topological polar surface area (TPSA) is 32.3 Å². The molecule has 12 heavy (non-hydrogen) atoms. The minimum Gasteiger partial charge on any atom is -0.395 e. The molecule has 1 atom stereocenters. The summed E-state index contributed by atoms with van der Waals surface area (Å²) in [7, 11) is 0. The van der Waals surface area contributed by atoms with Crippen LogP contribution in [0.1, 0.15) is 26.2 Å². The monoisotopic (exact) mass is 189 g/mol. The predicted octanol–water partition coefficient (Wildman–Crippen LogP) is 1.24. The molecule has 1 aliphatic carbocycles. The molecule has 0 aromatic rings. The zero-order chi connectivity index (χ0) is 8.81. The van der Waals surface area contributed by atoms with Gasteiger partial charge in [-0.1, -0.05) is 6.92 Å². The third kappa shape index (κ3) is 4.33. The van der Waals surface area contributed by atoms with Gasteiger partial charge < -0.3 is 10.4 Å². The zero-order valence-corrected chi connectivity index (χ0v) is 8.57. The summed E-state index contributed by atoms with van der Waals surface area (Å²) in [5, 5.41) is 12.5. The molecular formula is C9H19NOS. The summed E-state index contributed by atoms with van der Waals surface area (Å²) in [6.07, 6.45) is 3.83. The highest BCUT2D eigenvalue weighted by molar-refractivity contribution is 7.99. The van der Waals surface area contributed by atoms with Crippen LogP contribution in [0.3, 0.4) is 0 Å². The lowest BCUT2D eigenvalue weighted by Gasteiger charge is -2.14. The van der Waals surface area contributed by atoms with E-state index >= 15 is 0 Å². The second kappa shape index (κ2) is 5.84. The minimum absolute atomic E-state index is 0.285. The number of rotatable bonds is 7. The lowest BCUT2D eigenvalue weighted by Crippen LogP contribution is -2.36. The molecule has 1 aliphatic rings. The van der Waals surface area contributed by atoms with Crippen LogP contribution < -0.4 is 5.32 Å². The van der Waals surface area contributed by atoms with Crippen molar-refractivity contribution in [3.05, 3.63) is 0 Å². The average Bonchev–Trinajstić information content (AvgIpc) is 2.87. The second-order valence-electron chi connectivity index (χ2n) is 3.40. The van der Waals surface area contributed by atoms with Crippen LogP contribution in [0.5, 0.6) is 0 Å². The number of aliphatic hydroxyl groups excluding tert-OH is 1. The van der Waals surface area contributed by atoms with E-state index in [1.54, 1.807) is 0 Å². The fourth-order valence-corrected chi connectivity index (χ4v) is 2.05. The maximum atomic E-state index is 9.03. The number of thioether (sulfide) groups is 1. The highest BCUT2D eigenvalue weighted by atomic mass is 32.2. The first-order chi connectivity index (χ1) is 5.86. The van der Waals surface area contributed by atoms with Gasteiger partial charge in [-0.3, -0.25) is 0 Å². The first-order valence-electron chi connectivity index (χ1n) is 4.81. The van der Waals surface area contributed by atoms with Crippen molar-refractivity contribution in [2.45, 2.75) is 38.3 Å². The molecule has 72 valence electrons. The molecule has 2 N–H and O–H groups in total. The first-order valence-corrected chi connectivity index (χ1v) is 5.97. The Balaban J connectivity index is 1.98. The molecule has 1 unspecified atom stereocenters. The third-order valence-corrected chi connectivity index (χ3v) is 3.27. The maximum Gasteiger partial charge on any atom is 0.0592 e. The van der Waals surface area contributed by atoms with Crippen LogP contribution in [0, 0.1) is 0 Å². The Morgan fingerprint density at radius 2 is 2.33 bits per heavy atom. The van der Waals surface area contributed by atoms with Crippen LogP contribution in [0.15, 0.2) is 0 Å². The van der Waals surface area contributed by atoms with Crippen molar-refractivity contribution in [1.29, 1.82) is 0 Å². The first kappa shape index (κ1) is 10.4. The second-order valence-corrected chi connectivity index (χ2v) is 4.55. The number of aliphatic hydroxyl groups is 1. The quantitative estimate of drug-likeness (QED) is 0.591. The molecule has 0 bridgehead atoms. The van der Waals surface area contributed by atoms with Crippen LogP contribution >= 0.6 is 11.8 Å². The van der Waals surface area contributed by atoms with Crippen molar-refractivity contribution < 1.29 is 5.11 Å². The number of hydrogen-bond donors (Lipinski definition) is 2. The molecule has 0 saturated heterocycles. The summed E-state index contributed by atoms with van der Waals surface area (Å²) in [5.74, 6) is 2.27. The van der Waals surface area contributed by atoms with Crippen LogP contribution in [0.4, 0.5) is 0 Å². The van der Waals surface area contributed by atoms with Crippen molar-refractivity contribution in [2.24, 2.45) is 0 Å². The van der Waals surface area contributed by atoms with Crippen molar-refractivity contribution in [2.75, 3.05) is 18.1 Å². The Hall–Kier alpha value is 0.270. The fourth-order valence-electron chi connectivity index (χ4n) is 1.11. The van der Waals surface area contributed by atoms with Gasteiger partial charge in [-0.2, -0.15) is 11.8 Å². The molecule has 0 aliphatic heterocycles. The standard InChI is InChI=1S/C9H19NOS/c1-2-5-12-7-9(6-11)10-8-3-4-8/h8-11H,2-7H2,1H3. The van der Waals surface area contributed by atoms with E-state index < -0.39 is 0 Å². The minimum atomic E-state index is 0.285. The molecule has 0 heterocycles. The Morgan fingerprint density at radius 3 is 2.83 bits per heavy atom. The van der Waals surface area contributed by atoms with E-state index in [9.17, 15) is 0 Å². The molecule has 1 rings (SSSR count). The van der Waals surface area contributed by atoms with Crippen molar-refractivity contribution >= 4 is 11.8 Å². The van der Waals surface area contributed by atoms with E-state index in [0.717, 1.165) is 5.75 Å². The highest BCUT2D eigenvalue weighted by Gasteiger charge is 2.23. The van der Waals surface area contributed by atoms with E-state index in [-0.39, 0.29) is 6.61 Å². The molecule has 0 radical (unpaired) electrons. The maximum absolute atomic E-state index is 9.03. The largest absolute Gasteiger partial charge is 0.395 e. The van der Waals surface area contributed by atoms with Crippen molar-refractivity contribution in [3.8, 4) is 0 Å². The van der Waals surface area contributed by atoms with Gasteiger partial charge in [-0.05, 0) is 25.0 Å². The molecule has 3 heteroatoms. The lowest BCUT2D eigenvalue weighted by molar-refractivity contribution is 0.253. The Kier molecular flexibility index (Phi) is 5.04. The molecular weight excluding hydrogens is 170 g/mol. The van der Waals surface area contributed by atoms with Crippen molar-refractivity contribution in [1.82, 2.24) is 5.32 Å². The fraction of sp³-hybridized carbons (Fsp3) is 1.00. The zero-order valence-electron chi connectivity index (χ0n) is 7.75. The number of hydrogen-bond acceptors (Lipinski definition) is 3. The summed E-state index contributed by atoms with van der Waals surface area (Å²) >= 11 is 1.93. The Morgan fingerprint density at radius 1 is 1.58 bits per heavy atom.